The molecule has 1 unspecified atom stereocenters. The maximum Gasteiger partial charge on any atom is 0.323 e. The van der Waals surface area contributed by atoms with Gasteiger partial charge < -0.3 is 25.4 Å². The van der Waals surface area contributed by atoms with Gasteiger partial charge in [-0.1, -0.05) is 18.2 Å². The van der Waals surface area contributed by atoms with Gasteiger partial charge in [-0.05, 0) is 42.8 Å². The van der Waals surface area contributed by atoms with Crippen LogP contribution in [0.2, 0.25) is 0 Å². The molecule has 7 nitrogen and oxygen atoms in total. The molecule has 1 fully saturated rings. The summed E-state index contributed by atoms with van der Waals surface area (Å²) in [6.07, 6.45) is 0.774. The molecular formula is C20H23N3O4. The Morgan fingerprint density at radius 2 is 1.74 bits per heavy atom. The van der Waals surface area contributed by atoms with Gasteiger partial charge in [-0.3, -0.25) is 9.59 Å². The summed E-state index contributed by atoms with van der Waals surface area (Å²) in [4.78, 5) is 26.9. The molecule has 0 radical (unpaired) electrons. The minimum absolute atomic E-state index is 0.00207. The summed E-state index contributed by atoms with van der Waals surface area (Å²) < 4.78 is 5.74. The molecule has 2 aromatic rings. The number of carbonyl (C=O) groups is 2. The van der Waals surface area contributed by atoms with Crippen LogP contribution in [0.3, 0.4) is 0 Å². The second-order valence-electron chi connectivity index (χ2n) is 6.55. The average molecular weight is 369 g/mol. The number of hydrogen-bond donors (Lipinski definition) is 2. The highest BCUT2D eigenvalue weighted by Gasteiger charge is 2.25. The maximum absolute atomic E-state index is 12.5. The summed E-state index contributed by atoms with van der Waals surface area (Å²) in [5, 5.41) is 9.20. The number of rotatable bonds is 7. The van der Waals surface area contributed by atoms with Crippen LogP contribution in [0.25, 0.3) is 0 Å². The molecule has 0 bridgehead atoms. The van der Waals surface area contributed by atoms with Crippen LogP contribution in [0.15, 0.2) is 54.6 Å². The molecule has 27 heavy (non-hydrogen) atoms. The predicted molar refractivity (Wildman–Crippen MR) is 102 cm³/mol. The van der Waals surface area contributed by atoms with Gasteiger partial charge in [0.05, 0.1) is 6.54 Å². The zero-order valence-electron chi connectivity index (χ0n) is 15.0. The molecule has 0 aliphatic carbocycles. The van der Waals surface area contributed by atoms with Crippen molar-refractivity contribution in [2.24, 2.45) is 5.73 Å². The predicted octanol–water partition coefficient (Wildman–Crippen LogP) is 1.93. The van der Waals surface area contributed by atoms with Crippen LogP contribution in [-0.2, 0) is 9.59 Å². The molecule has 1 heterocycles. The molecule has 1 amide bonds. The fourth-order valence-corrected chi connectivity index (χ4v) is 3.03. The SMILES string of the molecule is NC1CCN(C(=O)CN(CC(=O)O)c2ccc(Oc3ccccc3)cc2)C1. The Hall–Kier alpha value is -3.06. The second-order valence-corrected chi connectivity index (χ2v) is 6.55. The Balaban J connectivity index is 1.68. The number of carbonyl (C=O) groups excluding carboxylic acids is 1. The number of aliphatic carboxylic acids is 1. The molecule has 1 atom stereocenters. The third-order valence-electron chi connectivity index (χ3n) is 4.41. The number of carboxylic acids is 1. The van der Waals surface area contributed by atoms with E-state index in [9.17, 15) is 14.7 Å². The lowest BCUT2D eigenvalue weighted by Gasteiger charge is -2.25. The number of amides is 1. The van der Waals surface area contributed by atoms with Gasteiger partial charge >= 0.3 is 5.97 Å². The van der Waals surface area contributed by atoms with Gasteiger partial charge in [0.25, 0.3) is 0 Å². The highest BCUT2D eigenvalue weighted by molar-refractivity contribution is 5.84. The molecule has 1 aliphatic heterocycles. The number of hydrogen-bond acceptors (Lipinski definition) is 5. The molecule has 0 spiro atoms. The van der Waals surface area contributed by atoms with Crippen molar-refractivity contribution in [1.29, 1.82) is 0 Å². The molecular weight excluding hydrogens is 346 g/mol. The summed E-state index contributed by atoms with van der Waals surface area (Å²) in [6, 6.07) is 16.4. The van der Waals surface area contributed by atoms with E-state index >= 15 is 0 Å². The van der Waals surface area contributed by atoms with Gasteiger partial charge in [-0.25, -0.2) is 0 Å². The van der Waals surface area contributed by atoms with E-state index in [4.69, 9.17) is 10.5 Å². The lowest BCUT2D eigenvalue weighted by molar-refractivity contribution is -0.135. The highest BCUT2D eigenvalue weighted by Crippen LogP contribution is 2.24. The van der Waals surface area contributed by atoms with Crippen molar-refractivity contribution in [2.75, 3.05) is 31.1 Å². The molecule has 1 saturated heterocycles. The first-order chi connectivity index (χ1) is 13.0. The zero-order valence-corrected chi connectivity index (χ0v) is 15.0. The summed E-state index contributed by atoms with van der Waals surface area (Å²) >= 11 is 0. The minimum atomic E-state index is -0.995. The van der Waals surface area contributed by atoms with E-state index < -0.39 is 5.97 Å². The third-order valence-corrected chi connectivity index (χ3v) is 4.41. The van der Waals surface area contributed by atoms with Gasteiger partial charge in [-0.15, -0.1) is 0 Å². The van der Waals surface area contributed by atoms with Crippen LogP contribution in [0.1, 0.15) is 6.42 Å². The first kappa shape index (κ1) is 18.7. The first-order valence-corrected chi connectivity index (χ1v) is 8.84. The number of anilines is 1. The fourth-order valence-electron chi connectivity index (χ4n) is 3.03. The van der Waals surface area contributed by atoms with Gasteiger partial charge in [-0.2, -0.15) is 0 Å². The summed E-state index contributed by atoms with van der Waals surface area (Å²) in [7, 11) is 0. The van der Waals surface area contributed by atoms with E-state index in [1.807, 2.05) is 30.3 Å². The van der Waals surface area contributed by atoms with Gasteiger partial charge in [0.15, 0.2) is 0 Å². The number of nitrogens with two attached hydrogens (primary N) is 1. The van der Waals surface area contributed by atoms with Crippen LogP contribution < -0.4 is 15.4 Å². The lowest BCUT2D eigenvalue weighted by atomic mass is 10.2. The van der Waals surface area contributed by atoms with E-state index in [0.29, 0.717) is 30.3 Å². The minimum Gasteiger partial charge on any atom is -0.480 e. The van der Waals surface area contributed by atoms with Crippen LogP contribution in [0.5, 0.6) is 11.5 Å². The molecule has 0 aromatic heterocycles. The Kier molecular flexibility index (Phi) is 5.93. The lowest BCUT2D eigenvalue weighted by Crippen LogP contribution is -2.42. The first-order valence-electron chi connectivity index (χ1n) is 8.84. The molecule has 2 aromatic carbocycles. The monoisotopic (exact) mass is 369 g/mol. The normalized spacial score (nSPS) is 16.2. The third kappa shape index (κ3) is 5.21. The quantitative estimate of drug-likeness (QED) is 0.774. The fraction of sp³-hybridized carbons (Fsp3) is 0.300. The van der Waals surface area contributed by atoms with Crippen LogP contribution in [0, 0.1) is 0 Å². The topological polar surface area (TPSA) is 96.1 Å². The van der Waals surface area contributed by atoms with Crippen molar-refractivity contribution in [2.45, 2.75) is 12.5 Å². The Morgan fingerprint density at radius 1 is 1.07 bits per heavy atom. The van der Waals surface area contributed by atoms with Gasteiger partial charge in [0, 0.05) is 24.8 Å². The molecule has 3 N–H and O–H groups in total. The number of likely N-dealkylation sites (tertiary alicyclic amines) is 1. The maximum atomic E-state index is 12.5. The Morgan fingerprint density at radius 3 is 2.33 bits per heavy atom. The molecule has 3 rings (SSSR count). The molecule has 142 valence electrons. The van der Waals surface area contributed by atoms with E-state index in [0.717, 1.165) is 6.42 Å². The standard InChI is InChI=1S/C20H23N3O4/c21-15-10-11-22(12-15)19(24)13-23(14-20(25)26)16-6-8-18(9-7-16)27-17-4-2-1-3-5-17/h1-9,15H,10-14,21H2,(H,25,26). The number of para-hydroxylation sites is 1. The number of ether oxygens (including phenoxy) is 1. The largest absolute Gasteiger partial charge is 0.480 e. The second kappa shape index (κ2) is 8.55. The van der Waals surface area contributed by atoms with Crippen molar-refractivity contribution in [3.8, 4) is 11.5 Å². The summed E-state index contributed by atoms with van der Waals surface area (Å²) in [6.45, 7) is 0.872. The Bertz CT molecular complexity index is 780. The highest BCUT2D eigenvalue weighted by atomic mass is 16.5. The van der Waals surface area contributed by atoms with Crippen LogP contribution in [0.4, 0.5) is 5.69 Å². The zero-order chi connectivity index (χ0) is 19.2. The smallest absolute Gasteiger partial charge is 0.323 e. The van der Waals surface area contributed by atoms with Gasteiger partial charge in [0.2, 0.25) is 5.91 Å². The van der Waals surface area contributed by atoms with Crippen molar-refractivity contribution >= 4 is 17.6 Å². The average Bonchev–Trinajstić information content (AvgIpc) is 3.09. The van der Waals surface area contributed by atoms with Crippen molar-refractivity contribution in [3.05, 3.63) is 54.6 Å². The Labute approximate surface area is 157 Å². The summed E-state index contributed by atoms with van der Waals surface area (Å²) in [5.41, 5.74) is 6.50. The van der Waals surface area contributed by atoms with Crippen molar-refractivity contribution in [3.63, 3.8) is 0 Å². The van der Waals surface area contributed by atoms with E-state index in [1.165, 1.54) is 0 Å². The number of carboxylic acid groups (broad SMARTS) is 1. The van der Waals surface area contributed by atoms with Crippen LogP contribution >= 0.6 is 0 Å². The summed E-state index contributed by atoms with van der Waals surface area (Å²) in [5.74, 6) is 0.240. The van der Waals surface area contributed by atoms with Crippen molar-refractivity contribution < 1.29 is 19.4 Å². The van der Waals surface area contributed by atoms with E-state index in [-0.39, 0.29) is 25.0 Å². The van der Waals surface area contributed by atoms with Crippen molar-refractivity contribution in [1.82, 2.24) is 4.90 Å². The number of benzene rings is 2. The van der Waals surface area contributed by atoms with E-state index in [2.05, 4.69) is 0 Å². The van der Waals surface area contributed by atoms with Gasteiger partial charge in [0.1, 0.15) is 18.0 Å². The molecule has 1 aliphatic rings. The molecule has 7 heteroatoms. The van der Waals surface area contributed by atoms with E-state index in [1.54, 1.807) is 34.1 Å². The number of nitrogens with zero attached hydrogens (tertiary/aromatic N) is 2. The van der Waals surface area contributed by atoms with Crippen LogP contribution in [-0.4, -0.2) is 54.1 Å². The molecule has 0 saturated carbocycles.